The smallest absolute Gasteiger partial charge is 0.124 e. The average Bonchev–Trinajstić information content (AvgIpc) is 2.08. The highest BCUT2D eigenvalue weighted by Gasteiger charge is 2.05. The molecule has 0 unspecified atom stereocenters. The largest absolute Gasteiger partial charge is 0.385 e. The molecule has 0 fully saturated rings. The minimum absolute atomic E-state index is 0.129. The van der Waals surface area contributed by atoms with Crippen LogP contribution in [0.1, 0.15) is 12.5 Å². The van der Waals surface area contributed by atoms with Crippen molar-refractivity contribution in [2.24, 2.45) is 5.73 Å². The van der Waals surface area contributed by atoms with Gasteiger partial charge in [-0.3, -0.25) is 5.41 Å². The molecule has 4 N–H and O–H groups in total. The van der Waals surface area contributed by atoms with E-state index in [-0.39, 0.29) is 11.7 Å². The monoisotopic (exact) mass is 181 g/mol. The van der Waals surface area contributed by atoms with E-state index < -0.39 is 0 Å². The Kier molecular flexibility index (Phi) is 2.84. The Labute approximate surface area is 76.3 Å². The summed E-state index contributed by atoms with van der Waals surface area (Å²) in [5, 5.41) is 10.2. The maximum absolute atomic E-state index is 12.8. The molecule has 0 saturated carbocycles. The van der Waals surface area contributed by atoms with Crippen molar-refractivity contribution in [2.75, 3.05) is 11.9 Å². The Morgan fingerprint density at radius 2 is 2.31 bits per heavy atom. The molecule has 0 saturated heterocycles. The minimum Gasteiger partial charge on any atom is -0.385 e. The predicted molar refractivity (Wildman–Crippen MR) is 51.6 cm³/mol. The van der Waals surface area contributed by atoms with Crippen molar-refractivity contribution in [3.63, 3.8) is 0 Å². The first kappa shape index (κ1) is 9.51. The summed E-state index contributed by atoms with van der Waals surface area (Å²) in [7, 11) is 0. The van der Waals surface area contributed by atoms with Crippen LogP contribution in [0.15, 0.2) is 18.2 Å². The Hall–Kier alpha value is -1.58. The average molecular weight is 181 g/mol. The Balaban J connectivity index is 3.10. The summed E-state index contributed by atoms with van der Waals surface area (Å²) in [4.78, 5) is 0. The van der Waals surface area contributed by atoms with Gasteiger partial charge in [-0.05, 0) is 25.1 Å². The van der Waals surface area contributed by atoms with Gasteiger partial charge in [0.2, 0.25) is 0 Å². The van der Waals surface area contributed by atoms with Crippen LogP contribution in [0.3, 0.4) is 0 Å². The lowest BCUT2D eigenvalue weighted by Crippen LogP contribution is -2.14. The molecule has 3 nitrogen and oxygen atoms in total. The summed E-state index contributed by atoms with van der Waals surface area (Å²) in [6.07, 6.45) is 0. The highest BCUT2D eigenvalue weighted by molar-refractivity contribution is 6.00. The van der Waals surface area contributed by atoms with E-state index in [9.17, 15) is 4.39 Å². The molecule has 0 radical (unpaired) electrons. The van der Waals surface area contributed by atoms with E-state index in [0.717, 1.165) is 0 Å². The second-order valence-corrected chi connectivity index (χ2v) is 2.63. The first-order valence-corrected chi connectivity index (χ1v) is 4.03. The standard InChI is InChI=1S/C9H12FN3/c1-2-13-8-4-3-6(10)5-7(8)9(11)12/h3-5,13H,2H2,1H3,(H3,11,12). The molecule has 1 aromatic rings. The van der Waals surface area contributed by atoms with Crippen LogP contribution in [0, 0.1) is 11.2 Å². The summed E-state index contributed by atoms with van der Waals surface area (Å²) >= 11 is 0. The Morgan fingerprint density at radius 3 is 2.85 bits per heavy atom. The Bertz CT molecular complexity index is 323. The van der Waals surface area contributed by atoms with Gasteiger partial charge >= 0.3 is 0 Å². The van der Waals surface area contributed by atoms with Crippen LogP contribution in [0.25, 0.3) is 0 Å². The highest BCUT2D eigenvalue weighted by Crippen LogP contribution is 2.15. The third kappa shape index (κ3) is 2.18. The number of nitrogen functional groups attached to an aromatic ring is 1. The summed E-state index contributed by atoms with van der Waals surface area (Å²) < 4.78 is 12.8. The zero-order valence-electron chi connectivity index (χ0n) is 7.39. The summed E-state index contributed by atoms with van der Waals surface area (Å²) in [6, 6.07) is 4.17. The number of nitrogens with two attached hydrogens (primary N) is 1. The summed E-state index contributed by atoms with van der Waals surface area (Å²) in [5.74, 6) is -0.512. The highest BCUT2D eigenvalue weighted by atomic mass is 19.1. The van der Waals surface area contributed by atoms with Gasteiger partial charge < -0.3 is 11.1 Å². The van der Waals surface area contributed by atoms with E-state index in [0.29, 0.717) is 17.8 Å². The van der Waals surface area contributed by atoms with Crippen LogP contribution in [-0.4, -0.2) is 12.4 Å². The molecule has 70 valence electrons. The lowest BCUT2D eigenvalue weighted by atomic mass is 10.1. The molecule has 0 aliphatic carbocycles. The van der Waals surface area contributed by atoms with Crippen molar-refractivity contribution in [1.29, 1.82) is 5.41 Å². The number of hydrogen-bond donors (Lipinski definition) is 3. The number of anilines is 1. The fourth-order valence-corrected chi connectivity index (χ4v) is 1.08. The van der Waals surface area contributed by atoms with E-state index in [2.05, 4.69) is 5.32 Å². The zero-order chi connectivity index (χ0) is 9.84. The van der Waals surface area contributed by atoms with E-state index in [1.54, 1.807) is 6.07 Å². The van der Waals surface area contributed by atoms with Crippen molar-refractivity contribution >= 4 is 11.5 Å². The fourth-order valence-electron chi connectivity index (χ4n) is 1.08. The van der Waals surface area contributed by atoms with Gasteiger partial charge in [0.05, 0.1) is 0 Å². The van der Waals surface area contributed by atoms with Gasteiger partial charge in [-0.25, -0.2) is 4.39 Å². The van der Waals surface area contributed by atoms with E-state index in [1.807, 2.05) is 6.92 Å². The van der Waals surface area contributed by atoms with Crippen LogP contribution in [0.4, 0.5) is 10.1 Å². The van der Waals surface area contributed by atoms with E-state index >= 15 is 0 Å². The lowest BCUT2D eigenvalue weighted by molar-refractivity contribution is 0.627. The maximum atomic E-state index is 12.8. The summed E-state index contributed by atoms with van der Waals surface area (Å²) in [6.45, 7) is 2.64. The van der Waals surface area contributed by atoms with E-state index in [4.69, 9.17) is 11.1 Å². The predicted octanol–water partition coefficient (Wildman–Crippen LogP) is 1.54. The van der Waals surface area contributed by atoms with Crippen molar-refractivity contribution in [3.8, 4) is 0 Å². The molecule has 0 aromatic heterocycles. The molecule has 0 amide bonds. The van der Waals surface area contributed by atoms with Crippen molar-refractivity contribution < 1.29 is 4.39 Å². The third-order valence-corrected chi connectivity index (χ3v) is 1.64. The number of hydrogen-bond acceptors (Lipinski definition) is 2. The topological polar surface area (TPSA) is 61.9 Å². The van der Waals surface area contributed by atoms with Crippen molar-refractivity contribution in [1.82, 2.24) is 0 Å². The molecule has 13 heavy (non-hydrogen) atoms. The van der Waals surface area contributed by atoms with Gasteiger partial charge in [0.15, 0.2) is 0 Å². The Morgan fingerprint density at radius 1 is 1.62 bits per heavy atom. The third-order valence-electron chi connectivity index (χ3n) is 1.64. The van der Waals surface area contributed by atoms with Crippen LogP contribution in [0.2, 0.25) is 0 Å². The number of nitrogens with one attached hydrogen (secondary N) is 2. The van der Waals surface area contributed by atoms with Crippen LogP contribution in [0.5, 0.6) is 0 Å². The molecule has 4 heteroatoms. The normalized spacial score (nSPS) is 9.69. The van der Waals surface area contributed by atoms with Crippen LogP contribution >= 0.6 is 0 Å². The van der Waals surface area contributed by atoms with Gasteiger partial charge in [-0.2, -0.15) is 0 Å². The van der Waals surface area contributed by atoms with Gasteiger partial charge in [0.25, 0.3) is 0 Å². The van der Waals surface area contributed by atoms with Gasteiger partial charge in [-0.1, -0.05) is 0 Å². The number of amidine groups is 1. The van der Waals surface area contributed by atoms with Crippen molar-refractivity contribution in [3.05, 3.63) is 29.6 Å². The maximum Gasteiger partial charge on any atom is 0.124 e. The molecule has 0 heterocycles. The van der Waals surface area contributed by atoms with Gasteiger partial charge in [-0.15, -0.1) is 0 Å². The van der Waals surface area contributed by atoms with Gasteiger partial charge in [0.1, 0.15) is 11.7 Å². The second kappa shape index (κ2) is 3.89. The fraction of sp³-hybridized carbons (Fsp3) is 0.222. The van der Waals surface area contributed by atoms with Crippen LogP contribution < -0.4 is 11.1 Å². The quantitative estimate of drug-likeness (QED) is 0.489. The molecular weight excluding hydrogens is 169 g/mol. The molecule has 1 aromatic carbocycles. The lowest BCUT2D eigenvalue weighted by Gasteiger charge is -2.08. The molecule has 0 aliphatic heterocycles. The number of benzene rings is 1. The first-order valence-electron chi connectivity index (χ1n) is 4.03. The molecular formula is C9H12FN3. The molecule has 1 rings (SSSR count). The summed E-state index contributed by atoms with van der Waals surface area (Å²) in [5.41, 5.74) is 6.39. The number of rotatable bonds is 3. The number of halogens is 1. The molecule has 0 spiro atoms. The SMILES string of the molecule is CCNc1ccc(F)cc1C(=N)N. The molecule has 0 atom stereocenters. The zero-order valence-corrected chi connectivity index (χ0v) is 7.39. The van der Waals surface area contributed by atoms with Crippen LogP contribution in [-0.2, 0) is 0 Å². The minimum atomic E-state index is -0.383. The first-order chi connectivity index (χ1) is 6.15. The second-order valence-electron chi connectivity index (χ2n) is 2.63. The van der Waals surface area contributed by atoms with Gasteiger partial charge in [0, 0.05) is 17.8 Å². The molecule has 0 bridgehead atoms. The van der Waals surface area contributed by atoms with E-state index in [1.165, 1.54) is 12.1 Å². The van der Waals surface area contributed by atoms with Crippen molar-refractivity contribution in [2.45, 2.75) is 6.92 Å². The molecule has 0 aliphatic rings.